The van der Waals surface area contributed by atoms with Gasteiger partial charge in [-0.3, -0.25) is 14.0 Å². The van der Waals surface area contributed by atoms with Gasteiger partial charge in [-0.05, 0) is 43.9 Å². The second kappa shape index (κ2) is 11.4. The van der Waals surface area contributed by atoms with Crippen molar-refractivity contribution in [2.75, 3.05) is 24.6 Å². The van der Waals surface area contributed by atoms with Crippen molar-refractivity contribution in [3.05, 3.63) is 57.5 Å². The summed E-state index contributed by atoms with van der Waals surface area (Å²) < 4.78 is 76.9. The molecule has 0 spiro atoms. The topological polar surface area (TPSA) is 88.7 Å². The number of rotatable bonds is 6. The van der Waals surface area contributed by atoms with Gasteiger partial charge in [-0.2, -0.15) is 18.2 Å². The van der Waals surface area contributed by atoms with Crippen LogP contribution in [-0.2, 0) is 18.0 Å². The van der Waals surface area contributed by atoms with Gasteiger partial charge in [0, 0.05) is 57.5 Å². The van der Waals surface area contributed by atoms with E-state index in [0.717, 1.165) is 12.1 Å². The van der Waals surface area contributed by atoms with E-state index >= 15 is 0 Å². The molecule has 0 bridgehead atoms. The molecule has 9 nitrogen and oxygen atoms in total. The molecule has 4 heterocycles. The van der Waals surface area contributed by atoms with Crippen LogP contribution in [0.15, 0.2) is 34.8 Å². The molecule has 3 aliphatic rings. The summed E-state index contributed by atoms with van der Waals surface area (Å²) in [5.41, 5.74) is 0.281. The van der Waals surface area contributed by atoms with Crippen LogP contribution in [0.4, 0.5) is 27.8 Å². The van der Waals surface area contributed by atoms with Crippen molar-refractivity contribution in [2.45, 2.75) is 82.8 Å². The fourth-order valence-corrected chi connectivity index (χ4v) is 7.04. The first-order valence-corrected chi connectivity index (χ1v) is 15.2. The highest BCUT2D eigenvalue weighted by molar-refractivity contribution is 5.86. The minimum atomic E-state index is -4.50. The number of fused-ring (bicyclic) bond motifs is 1. The lowest BCUT2D eigenvalue weighted by atomic mass is 9.72. The summed E-state index contributed by atoms with van der Waals surface area (Å²) in [4.78, 5) is 26.5. The summed E-state index contributed by atoms with van der Waals surface area (Å²) in [7, 11) is 1.60. The molecular formula is C31H37F5N6O3. The van der Waals surface area contributed by atoms with Crippen molar-refractivity contribution >= 4 is 23.2 Å². The van der Waals surface area contributed by atoms with E-state index in [9.17, 15) is 31.9 Å². The second-order valence-corrected chi connectivity index (χ2v) is 12.5. The minimum Gasteiger partial charge on any atom is -0.494 e. The average molecular weight is 637 g/mol. The van der Waals surface area contributed by atoms with Gasteiger partial charge in [-0.1, -0.05) is 19.1 Å². The molecule has 244 valence electrons. The summed E-state index contributed by atoms with van der Waals surface area (Å²) in [6.07, 6.45) is -3.17. The zero-order valence-electron chi connectivity index (χ0n) is 25.6. The zero-order valence-corrected chi connectivity index (χ0v) is 25.6. The lowest BCUT2D eigenvalue weighted by Gasteiger charge is -2.53. The fourth-order valence-electron chi connectivity index (χ4n) is 7.04. The highest BCUT2D eigenvalue weighted by Crippen LogP contribution is 2.51. The Labute approximate surface area is 256 Å². The molecule has 45 heavy (non-hydrogen) atoms. The normalized spacial score (nSPS) is 26.0. The summed E-state index contributed by atoms with van der Waals surface area (Å²) in [6.45, 7) is 6.92. The Hall–Kier alpha value is -3.52. The van der Waals surface area contributed by atoms with Crippen LogP contribution in [-0.4, -0.2) is 72.9 Å². The third-order valence-electron chi connectivity index (χ3n) is 9.46. The van der Waals surface area contributed by atoms with Crippen molar-refractivity contribution < 1.29 is 31.8 Å². The number of anilines is 1. The van der Waals surface area contributed by atoms with Crippen molar-refractivity contribution in [3.63, 3.8) is 0 Å². The molecule has 1 N–H and O–H groups in total. The molecule has 1 saturated carbocycles. The summed E-state index contributed by atoms with van der Waals surface area (Å²) in [5.74, 6) is -1.87. The number of imidazole rings is 1. The van der Waals surface area contributed by atoms with Gasteiger partial charge in [0.25, 0.3) is 0 Å². The fraction of sp³-hybridized carbons (Fsp3) is 0.581. The second-order valence-electron chi connectivity index (χ2n) is 12.5. The number of aryl methyl sites for hydroxylation is 2. The van der Waals surface area contributed by atoms with E-state index in [1.165, 1.54) is 16.7 Å². The van der Waals surface area contributed by atoms with Gasteiger partial charge in [0.05, 0.1) is 18.4 Å². The molecule has 3 aromatic rings. The maximum atomic E-state index is 14.1. The number of hydrogen-bond acceptors (Lipinski definition) is 7. The first kappa shape index (κ1) is 31.5. The van der Waals surface area contributed by atoms with Gasteiger partial charge in [0.2, 0.25) is 5.92 Å². The third-order valence-corrected chi connectivity index (χ3v) is 9.46. The predicted molar refractivity (Wildman–Crippen MR) is 158 cm³/mol. The number of halogens is 5. The largest absolute Gasteiger partial charge is 0.494 e. The quantitative estimate of drug-likeness (QED) is 0.376. The minimum absolute atomic E-state index is 0.170. The van der Waals surface area contributed by atoms with Crippen LogP contribution in [0.5, 0.6) is 0 Å². The first-order chi connectivity index (χ1) is 21.2. The summed E-state index contributed by atoms with van der Waals surface area (Å²) in [5, 5.41) is 10.3. The lowest BCUT2D eigenvalue weighted by Crippen LogP contribution is -2.60. The number of benzene rings is 1. The van der Waals surface area contributed by atoms with Gasteiger partial charge in [-0.25, -0.2) is 18.6 Å². The van der Waals surface area contributed by atoms with Crippen molar-refractivity contribution in [1.29, 1.82) is 0 Å². The van der Waals surface area contributed by atoms with Crippen molar-refractivity contribution in [3.8, 4) is 0 Å². The van der Waals surface area contributed by atoms with E-state index in [1.54, 1.807) is 24.7 Å². The first-order valence-electron chi connectivity index (χ1n) is 15.2. The number of aromatic nitrogens is 4. The van der Waals surface area contributed by atoms with Gasteiger partial charge < -0.3 is 14.7 Å². The van der Waals surface area contributed by atoms with Crippen LogP contribution in [0.3, 0.4) is 0 Å². The van der Waals surface area contributed by atoms with E-state index in [1.807, 2.05) is 18.7 Å². The van der Waals surface area contributed by atoms with E-state index < -0.39 is 41.4 Å². The van der Waals surface area contributed by atoms with Gasteiger partial charge in [0.1, 0.15) is 23.2 Å². The van der Waals surface area contributed by atoms with Crippen LogP contribution in [0.2, 0.25) is 0 Å². The molecule has 1 aliphatic carbocycles. The molecule has 2 saturated heterocycles. The van der Waals surface area contributed by atoms with Crippen molar-refractivity contribution in [2.24, 2.45) is 13.0 Å². The molecule has 4 atom stereocenters. The Bertz CT molecular complexity index is 1660. The summed E-state index contributed by atoms with van der Waals surface area (Å²) in [6, 6.07) is 3.95. The molecule has 0 radical (unpaired) electrons. The number of ether oxygens (including phenoxy) is 1. The van der Waals surface area contributed by atoms with Crippen LogP contribution < -0.4 is 10.6 Å². The maximum Gasteiger partial charge on any atom is 0.416 e. The van der Waals surface area contributed by atoms with Crippen LogP contribution in [0.1, 0.15) is 62.5 Å². The van der Waals surface area contributed by atoms with E-state index in [2.05, 4.69) is 9.88 Å². The molecule has 1 unspecified atom stereocenters. The molecule has 0 amide bonds. The SMILES string of the molecule is CC[C@@H]1CN(c2nc(=O)n(C)c3c2nc(C)n3/C=C2\OCC[C@@H]2O)[C@@H](C)CN1C(c1ccc(C(F)(F)F)cc1)C1CC(F)(F)C1. The molecule has 2 aliphatic heterocycles. The molecule has 6 rings (SSSR count). The molecule has 1 aromatic carbocycles. The van der Waals surface area contributed by atoms with Crippen LogP contribution in [0, 0.1) is 12.8 Å². The zero-order chi connectivity index (χ0) is 32.4. The molecule has 2 aromatic heterocycles. The number of alkyl halides is 5. The van der Waals surface area contributed by atoms with Crippen LogP contribution in [0.25, 0.3) is 17.4 Å². The number of piperazine rings is 1. The molecular weight excluding hydrogens is 599 g/mol. The predicted octanol–water partition coefficient (Wildman–Crippen LogP) is 5.11. The van der Waals surface area contributed by atoms with Gasteiger partial charge in [0.15, 0.2) is 11.5 Å². The Balaban J connectivity index is 1.37. The smallest absolute Gasteiger partial charge is 0.416 e. The Morgan fingerprint density at radius 1 is 1.16 bits per heavy atom. The number of aliphatic hydroxyl groups excluding tert-OH is 1. The van der Waals surface area contributed by atoms with E-state index in [0.29, 0.717) is 66.7 Å². The van der Waals surface area contributed by atoms with Gasteiger partial charge in [-0.15, -0.1) is 0 Å². The highest BCUT2D eigenvalue weighted by atomic mass is 19.4. The van der Waals surface area contributed by atoms with E-state index in [4.69, 9.17) is 9.72 Å². The molecule has 3 fully saturated rings. The Kier molecular flexibility index (Phi) is 7.95. The van der Waals surface area contributed by atoms with Crippen LogP contribution >= 0.6 is 0 Å². The molecule has 14 heteroatoms. The average Bonchev–Trinajstić information content (AvgIpc) is 3.52. The Morgan fingerprint density at radius 3 is 2.42 bits per heavy atom. The number of nitrogens with zero attached hydrogens (tertiary/aromatic N) is 6. The summed E-state index contributed by atoms with van der Waals surface area (Å²) >= 11 is 0. The third kappa shape index (κ3) is 5.71. The number of hydrogen-bond donors (Lipinski definition) is 1. The number of aliphatic hydroxyl groups is 1. The standard InChI is InChI=1S/C31H37F5N6O3/c1-5-22-15-40(27-25-28(39(4)29(44)38-27)41(18(3)37-25)16-24-23(43)10-11-45-24)17(2)14-42(22)26(20-12-30(32,33)13-20)19-6-8-21(9-7-19)31(34,35)36/h6-9,16-17,20,22-23,26,43H,5,10-15H2,1-4H3/b24-16-/t17-,22+,23-,26?/m0/s1. The Morgan fingerprint density at radius 2 is 1.84 bits per heavy atom. The van der Waals surface area contributed by atoms with Crippen molar-refractivity contribution in [1.82, 2.24) is 24.0 Å². The van der Waals surface area contributed by atoms with Gasteiger partial charge >= 0.3 is 11.9 Å². The monoisotopic (exact) mass is 636 g/mol. The lowest BCUT2D eigenvalue weighted by molar-refractivity contribution is -0.138. The van der Waals surface area contributed by atoms with E-state index in [-0.39, 0.29) is 24.9 Å². The highest BCUT2D eigenvalue weighted by Gasteiger charge is 2.52. The maximum absolute atomic E-state index is 14.1.